The minimum Gasteiger partial charge on any atom is -0.369 e. The lowest BCUT2D eigenvalue weighted by Gasteiger charge is -2.41. The quantitative estimate of drug-likeness (QED) is 0.785. The van der Waals surface area contributed by atoms with Gasteiger partial charge in [-0.25, -0.2) is 0 Å². The maximum atomic E-state index is 6.24. The molecule has 3 heterocycles. The molecule has 0 aliphatic carbocycles. The van der Waals surface area contributed by atoms with E-state index in [4.69, 9.17) is 4.74 Å². The van der Waals surface area contributed by atoms with Gasteiger partial charge in [0, 0.05) is 28.1 Å². The molecule has 0 radical (unpaired) electrons. The fourth-order valence-corrected chi connectivity index (χ4v) is 4.67. The van der Waals surface area contributed by atoms with Gasteiger partial charge in [0.1, 0.15) is 5.60 Å². The van der Waals surface area contributed by atoms with E-state index >= 15 is 0 Å². The molecule has 1 unspecified atom stereocenters. The van der Waals surface area contributed by atoms with Crippen LogP contribution in [-0.4, -0.2) is 19.7 Å². The highest BCUT2D eigenvalue weighted by atomic mass is 32.1. The Morgan fingerprint density at radius 2 is 2.22 bits per heavy atom. The van der Waals surface area contributed by atoms with Crippen molar-refractivity contribution in [2.75, 3.05) is 19.7 Å². The van der Waals surface area contributed by atoms with E-state index in [1.165, 1.54) is 22.1 Å². The molecular weight excluding hydrogens is 242 g/mol. The minimum absolute atomic E-state index is 0.0502. The highest BCUT2D eigenvalue weighted by Crippen LogP contribution is 2.45. The Balaban J connectivity index is 1.96. The Hall–Kier alpha value is -0.900. The fourth-order valence-electron chi connectivity index (χ4n) is 3.40. The van der Waals surface area contributed by atoms with E-state index in [1.807, 2.05) is 11.3 Å². The van der Waals surface area contributed by atoms with Gasteiger partial charge in [0.05, 0.1) is 6.61 Å². The molecule has 1 spiro atoms. The third-order valence-electron chi connectivity index (χ3n) is 4.18. The van der Waals surface area contributed by atoms with Crippen LogP contribution in [0.3, 0.4) is 0 Å². The van der Waals surface area contributed by atoms with Gasteiger partial charge in [-0.3, -0.25) is 0 Å². The number of fused-ring (bicyclic) bond motifs is 4. The number of ether oxygens (including phenoxy) is 1. The Kier molecular flexibility index (Phi) is 2.47. The van der Waals surface area contributed by atoms with Gasteiger partial charge in [0.25, 0.3) is 0 Å². The van der Waals surface area contributed by atoms with Crippen LogP contribution in [0.5, 0.6) is 0 Å². The van der Waals surface area contributed by atoms with Crippen LogP contribution >= 0.6 is 11.3 Å². The third-order valence-corrected chi connectivity index (χ3v) is 5.41. The Labute approximate surface area is 111 Å². The number of benzene rings is 1. The lowest BCUT2D eigenvalue weighted by molar-refractivity contribution is -0.0728. The average molecular weight is 259 g/mol. The molecule has 4 rings (SSSR count). The van der Waals surface area contributed by atoms with Gasteiger partial charge in [0.15, 0.2) is 0 Å². The van der Waals surface area contributed by atoms with Gasteiger partial charge < -0.3 is 10.1 Å². The first-order valence-electron chi connectivity index (χ1n) is 6.75. The predicted molar refractivity (Wildman–Crippen MR) is 75.3 cm³/mol. The lowest BCUT2D eigenvalue weighted by Crippen LogP contribution is -2.47. The summed E-state index contributed by atoms with van der Waals surface area (Å²) in [5.74, 6) is 0. The van der Waals surface area contributed by atoms with Gasteiger partial charge in [-0.2, -0.15) is 0 Å². The van der Waals surface area contributed by atoms with Crippen molar-refractivity contribution in [3.05, 3.63) is 34.7 Å². The van der Waals surface area contributed by atoms with E-state index in [2.05, 4.69) is 29.6 Å². The molecule has 1 aromatic heterocycles. The van der Waals surface area contributed by atoms with Crippen LogP contribution in [0, 0.1) is 0 Å². The maximum Gasteiger partial charge on any atom is 0.107 e. The molecule has 2 aromatic rings. The summed E-state index contributed by atoms with van der Waals surface area (Å²) in [6, 6.07) is 8.78. The molecule has 1 atom stereocenters. The second-order valence-corrected chi connectivity index (χ2v) is 6.41. The highest BCUT2D eigenvalue weighted by molar-refractivity contribution is 7.19. The molecule has 1 saturated heterocycles. The van der Waals surface area contributed by atoms with E-state index in [0.29, 0.717) is 0 Å². The van der Waals surface area contributed by atoms with Gasteiger partial charge in [-0.1, -0.05) is 18.2 Å². The van der Waals surface area contributed by atoms with Crippen molar-refractivity contribution in [2.45, 2.75) is 24.9 Å². The van der Waals surface area contributed by atoms with Crippen LogP contribution in [0.15, 0.2) is 24.3 Å². The van der Waals surface area contributed by atoms with Crippen LogP contribution in [0.1, 0.15) is 23.3 Å². The van der Waals surface area contributed by atoms with Crippen LogP contribution in [-0.2, 0) is 16.8 Å². The first kappa shape index (κ1) is 11.0. The second kappa shape index (κ2) is 4.05. The lowest BCUT2D eigenvalue weighted by atomic mass is 9.82. The Morgan fingerprint density at radius 3 is 3.11 bits per heavy atom. The SMILES string of the molecule is c1ccc2c3c(sc2c1)CCOC31CCCNC1. The van der Waals surface area contributed by atoms with E-state index in [-0.39, 0.29) is 5.60 Å². The van der Waals surface area contributed by atoms with Crippen LogP contribution in [0.25, 0.3) is 10.1 Å². The van der Waals surface area contributed by atoms with Crippen molar-refractivity contribution in [2.24, 2.45) is 0 Å². The van der Waals surface area contributed by atoms with E-state index < -0.39 is 0 Å². The predicted octanol–water partition coefficient (Wildman–Crippen LogP) is 3.05. The summed E-state index contributed by atoms with van der Waals surface area (Å²) < 4.78 is 7.66. The third kappa shape index (κ3) is 1.48. The fraction of sp³-hybridized carbons (Fsp3) is 0.467. The number of hydrogen-bond acceptors (Lipinski definition) is 3. The molecule has 2 aliphatic rings. The zero-order valence-electron chi connectivity index (χ0n) is 10.4. The molecule has 18 heavy (non-hydrogen) atoms. The van der Waals surface area contributed by atoms with Crippen LogP contribution < -0.4 is 5.32 Å². The maximum absolute atomic E-state index is 6.24. The van der Waals surface area contributed by atoms with Gasteiger partial charge in [0.2, 0.25) is 0 Å². The van der Waals surface area contributed by atoms with Crippen molar-refractivity contribution in [3.63, 3.8) is 0 Å². The largest absolute Gasteiger partial charge is 0.369 e. The van der Waals surface area contributed by atoms with Crippen LogP contribution in [0.2, 0.25) is 0 Å². The van der Waals surface area contributed by atoms with Gasteiger partial charge >= 0.3 is 0 Å². The molecule has 1 aromatic carbocycles. The first-order valence-corrected chi connectivity index (χ1v) is 7.56. The van der Waals surface area contributed by atoms with Crippen molar-refractivity contribution in [1.82, 2.24) is 5.32 Å². The zero-order chi connectivity index (χ0) is 12.0. The highest BCUT2D eigenvalue weighted by Gasteiger charge is 2.41. The van der Waals surface area contributed by atoms with Crippen molar-refractivity contribution >= 4 is 21.4 Å². The number of hydrogen-bond donors (Lipinski definition) is 1. The molecule has 1 N–H and O–H groups in total. The topological polar surface area (TPSA) is 21.3 Å². The summed E-state index contributed by atoms with van der Waals surface area (Å²) in [6.07, 6.45) is 3.45. The molecule has 1 fully saturated rings. The summed E-state index contributed by atoms with van der Waals surface area (Å²) in [4.78, 5) is 1.55. The molecule has 2 aliphatic heterocycles. The van der Waals surface area contributed by atoms with E-state index in [1.54, 1.807) is 4.88 Å². The molecule has 0 saturated carbocycles. The average Bonchev–Trinajstić information content (AvgIpc) is 2.79. The number of thiophene rings is 1. The number of rotatable bonds is 0. The summed E-state index contributed by atoms with van der Waals surface area (Å²) in [7, 11) is 0. The zero-order valence-corrected chi connectivity index (χ0v) is 11.2. The summed E-state index contributed by atoms with van der Waals surface area (Å²) >= 11 is 1.96. The Morgan fingerprint density at radius 1 is 1.28 bits per heavy atom. The van der Waals surface area contributed by atoms with Gasteiger partial charge in [-0.05, 0) is 30.8 Å². The molecule has 2 nitrogen and oxygen atoms in total. The van der Waals surface area contributed by atoms with E-state index in [9.17, 15) is 0 Å². The minimum atomic E-state index is -0.0502. The van der Waals surface area contributed by atoms with Crippen molar-refractivity contribution in [3.8, 4) is 0 Å². The van der Waals surface area contributed by atoms with Crippen LogP contribution in [0.4, 0.5) is 0 Å². The van der Waals surface area contributed by atoms with E-state index in [0.717, 1.165) is 32.5 Å². The first-order chi connectivity index (χ1) is 8.89. The van der Waals surface area contributed by atoms with Crippen molar-refractivity contribution < 1.29 is 4.74 Å². The number of piperidine rings is 1. The Bertz CT molecular complexity index is 583. The summed E-state index contributed by atoms with van der Waals surface area (Å²) in [6.45, 7) is 2.98. The molecule has 0 bridgehead atoms. The summed E-state index contributed by atoms with van der Waals surface area (Å²) in [5, 5.41) is 4.94. The molecule has 3 heteroatoms. The summed E-state index contributed by atoms with van der Waals surface area (Å²) in [5.41, 5.74) is 1.44. The number of nitrogens with one attached hydrogen (secondary N) is 1. The molecule has 0 amide bonds. The second-order valence-electron chi connectivity index (χ2n) is 5.27. The standard InChI is InChI=1S/C15H17NOS/c1-2-5-12-11(4-1)14-13(18-12)6-9-17-15(14)7-3-8-16-10-15/h1-2,4-5,16H,3,6-10H2. The van der Waals surface area contributed by atoms with Crippen molar-refractivity contribution in [1.29, 1.82) is 0 Å². The molecular formula is C15H17NOS. The molecule has 94 valence electrons. The van der Waals surface area contributed by atoms with Gasteiger partial charge in [-0.15, -0.1) is 11.3 Å². The smallest absolute Gasteiger partial charge is 0.107 e. The normalized spacial score (nSPS) is 27.6. The monoisotopic (exact) mass is 259 g/mol.